The minimum atomic E-state index is -0.164. The Hall–Kier alpha value is -1.86. The number of amides is 1. The van der Waals surface area contributed by atoms with Gasteiger partial charge in [-0.25, -0.2) is 4.98 Å². The number of aromatic amines is 1. The van der Waals surface area contributed by atoms with Crippen LogP contribution in [-0.4, -0.2) is 56.0 Å². The number of rotatable bonds is 2. The van der Waals surface area contributed by atoms with Gasteiger partial charge in [0.25, 0.3) is 0 Å². The Kier molecular flexibility index (Phi) is 5.52. The second kappa shape index (κ2) is 7.81. The van der Waals surface area contributed by atoms with Crippen molar-refractivity contribution in [1.82, 2.24) is 14.9 Å². The maximum absolute atomic E-state index is 10.3. The summed E-state index contributed by atoms with van der Waals surface area (Å²) >= 11 is 1.63. The lowest BCUT2D eigenvalue weighted by molar-refractivity contribution is -0.106. The van der Waals surface area contributed by atoms with E-state index in [1.807, 2.05) is 12.3 Å². The fourth-order valence-corrected chi connectivity index (χ4v) is 4.21. The molecule has 2 atom stereocenters. The van der Waals surface area contributed by atoms with Gasteiger partial charge in [-0.3, -0.25) is 4.79 Å². The van der Waals surface area contributed by atoms with Gasteiger partial charge >= 0.3 is 0 Å². The van der Waals surface area contributed by atoms with Crippen LogP contribution in [-0.2, 0) is 4.79 Å². The summed E-state index contributed by atoms with van der Waals surface area (Å²) in [5.41, 5.74) is 2.23. The van der Waals surface area contributed by atoms with Crippen molar-refractivity contribution in [3.05, 3.63) is 30.1 Å². The summed E-state index contributed by atoms with van der Waals surface area (Å²) < 4.78 is 0. The van der Waals surface area contributed by atoms with Crippen LogP contribution in [0.25, 0.3) is 11.0 Å². The zero-order valence-corrected chi connectivity index (χ0v) is 14.5. The smallest absolute Gasteiger partial charge is 0.235 e. The lowest BCUT2D eigenvalue weighted by Gasteiger charge is -2.24. The van der Waals surface area contributed by atoms with E-state index in [0.717, 1.165) is 42.4 Å². The summed E-state index contributed by atoms with van der Waals surface area (Å²) in [4.78, 5) is 23.5. The van der Waals surface area contributed by atoms with E-state index in [4.69, 9.17) is 0 Å². The number of aliphatic hydroxyl groups excluding tert-OH is 1. The van der Waals surface area contributed by atoms with Crippen molar-refractivity contribution < 1.29 is 9.90 Å². The Bertz CT molecular complexity index is 730. The number of hydrogen-bond donors (Lipinski definition) is 2. The monoisotopic (exact) mass is 346 g/mol. The maximum Gasteiger partial charge on any atom is 0.235 e. The topological polar surface area (TPSA) is 81.6 Å². The summed E-state index contributed by atoms with van der Waals surface area (Å²) in [6, 6.07) is 4.40. The van der Waals surface area contributed by atoms with Crippen molar-refractivity contribution in [3.63, 3.8) is 0 Å². The first-order valence-electron chi connectivity index (χ1n) is 8.16. The minimum absolute atomic E-state index is 0.164. The maximum atomic E-state index is 10.3. The third kappa shape index (κ3) is 3.79. The number of aryl methyl sites for hydroxylation is 1. The molecule has 2 aromatic rings. The number of amidine groups is 1. The van der Waals surface area contributed by atoms with E-state index >= 15 is 0 Å². The van der Waals surface area contributed by atoms with Crippen molar-refractivity contribution in [1.29, 1.82) is 0 Å². The molecule has 24 heavy (non-hydrogen) atoms. The molecule has 1 saturated carbocycles. The number of aromatic nitrogens is 2. The SMILES string of the molecule is Cc1c[nH]c2ncccc12.O=CN=C1SCCN1C1CCC(O)C1. The van der Waals surface area contributed by atoms with Crippen LogP contribution >= 0.6 is 11.8 Å². The number of pyridine rings is 1. The number of fused-ring (bicyclic) bond motifs is 1. The molecule has 2 aromatic heterocycles. The molecule has 2 aliphatic rings. The first-order valence-corrected chi connectivity index (χ1v) is 9.15. The largest absolute Gasteiger partial charge is 0.393 e. The van der Waals surface area contributed by atoms with E-state index in [9.17, 15) is 9.90 Å². The van der Waals surface area contributed by atoms with Crippen molar-refractivity contribution in [2.24, 2.45) is 4.99 Å². The van der Waals surface area contributed by atoms with Gasteiger partial charge in [0, 0.05) is 36.1 Å². The summed E-state index contributed by atoms with van der Waals surface area (Å²) in [6.45, 7) is 3.02. The van der Waals surface area contributed by atoms with Crippen LogP contribution in [0.4, 0.5) is 0 Å². The van der Waals surface area contributed by atoms with Crippen LogP contribution in [0.1, 0.15) is 24.8 Å². The molecule has 1 saturated heterocycles. The number of aliphatic hydroxyl groups is 1. The molecule has 2 unspecified atom stereocenters. The summed E-state index contributed by atoms with van der Waals surface area (Å²) in [6.07, 6.45) is 6.91. The molecule has 128 valence electrons. The fourth-order valence-electron chi connectivity index (χ4n) is 3.22. The molecule has 1 aliphatic heterocycles. The van der Waals surface area contributed by atoms with Gasteiger partial charge in [0.15, 0.2) is 5.17 Å². The second-order valence-corrected chi connectivity index (χ2v) is 7.11. The number of thioether (sulfide) groups is 1. The van der Waals surface area contributed by atoms with Gasteiger partial charge in [-0.1, -0.05) is 11.8 Å². The van der Waals surface area contributed by atoms with Crippen molar-refractivity contribution in [2.45, 2.75) is 38.3 Å². The minimum Gasteiger partial charge on any atom is -0.393 e. The van der Waals surface area contributed by atoms with Crippen molar-refractivity contribution in [3.8, 4) is 0 Å². The van der Waals surface area contributed by atoms with Crippen LogP contribution < -0.4 is 0 Å². The highest BCUT2D eigenvalue weighted by Gasteiger charge is 2.32. The number of carbonyl (C=O) groups is 1. The van der Waals surface area contributed by atoms with Crippen molar-refractivity contribution >= 4 is 34.4 Å². The molecule has 0 radical (unpaired) electrons. The summed E-state index contributed by atoms with van der Waals surface area (Å²) in [5, 5.41) is 11.5. The zero-order chi connectivity index (χ0) is 16.9. The molecule has 0 spiro atoms. The van der Waals surface area contributed by atoms with Crippen LogP contribution in [0.5, 0.6) is 0 Å². The number of nitrogens with one attached hydrogen (secondary N) is 1. The zero-order valence-electron chi connectivity index (χ0n) is 13.7. The van der Waals surface area contributed by atoms with Crippen LogP contribution in [0.15, 0.2) is 29.5 Å². The number of aliphatic imine (C=N–C) groups is 1. The highest BCUT2D eigenvalue weighted by molar-refractivity contribution is 8.14. The van der Waals surface area contributed by atoms with E-state index in [0.29, 0.717) is 12.5 Å². The van der Waals surface area contributed by atoms with Crippen LogP contribution in [0.2, 0.25) is 0 Å². The van der Waals surface area contributed by atoms with Gasteiger partial charge in [-0.2, -0.15) is 4.99 Å². The molecule has 6 nitrogen and oxygen atoms in total. The molecule has 3 heterocycles. The van der Waals surface area contributed by atoms with E-state index < -0.39 is 0 Å². The lowest BCUT2D eigenvalue weighted by Crippen LogP contribution is -2.34. The lowest BCUT2D eigenvalue weighted by atomic mass is 10.2. The Morgan fingerprint density at radius 1 is 1.50 bits per heavy atom. The fraction of sp³-hybridized carbons (Fsp3) is 0.471. The second-order valence-electron chi connectivity index (χ2n) is 6.05. The van der Waals surface area contributed by atoms with Gasteiger partial charge in [0.2, 0.25) is 6.41 Å². The van der Waals surface area contributed by atoms with Gasteiger partial charge < -0.3 is 15.0 Å². The molecule has 4 rings (SSSR count). The molecule has 1 aliphatic carbocycles. The standard InChI is InChI=1S/C9H14N2O2S.C8H8N2/c12-6-10-9-11(3-4-14-9)7-1-2-8(13)5-7;1-6-5-10-8-7(6)3-2-4-9-8/h6-8,13H,1-5H2;2-5H,1H3,(H,9,10). The molecule has 2 N–H and O–H groups in total. The number of carbonyl (C=O) groups excluding carboxylic acids is 1. The van der Waals surface area contributed by atoms with E-state index in [2.05, 4.69) is 32.9 Å². The Morgan fingerprint density at radius 2 is 2.38 bits per heavy atom. The van der Waals surface area contributed by atoms with Gasteiger partial charge in [0.1, 0.15) is 5.65 Å². The number of H-pyrrole nitrogens is 1. The summed E-state index contributed by atoms with van der Waals surface area (Å²) in [5.74, 6) is 0.999. The van der Waals surface area contributed by atoms with E-state index in [1.54, 1.807) is 18.0 Å². The van der Waals surface area contributed by atoms with Crippen LogP contribution in [0, 0.1) is 6.92 Å². The Labute approximate surface area is 145 Å². The summed E-state index contributed by atoms with van der Waals surface area (Å²) in [7, 11) is 0. The first-order chi connectivity index (χ1) is 11.7. The normalized spacial score (nSPS) is 25.1. The molecular formula is C17H22N4O2S. The number of hydrogen-bond acceptors (Lipinski definition) is 4. The average molecular weight is 346 g/mol. The van der Waals surface area contributed by atoms with Gasteiger partial charge in [-0.15, -0.1) is 0 Å². The first kappa shape index (κ1) is 17.0. The van der Waals surface area contributed by atoms with E-state index in [1.165, 1.54) is 10.9 Å². The molecule has 7 heteroatoms. The third-order valence-corrected chi connectivity index (χ3v) is 5.43. The molecule has 1 amide bonds. The molecule has 0 aromatic carbocycles. The predicted octanol–water partition coefficient (Wildman–Crippen LogP) is 2.33. The Balaban J connectivity index is 0.000000149. The van der Waals surface area contributed by atoms with Crippen LogP contribution in [0.3, 0.4) is 0 Å². The molecule has 0 bridgehead atoms. The highest BCUT2D eigenvalue weighted by atomic mass is 32.2. The van der Waals surface area contributed by atoms with Gasteiger partial charge in [0.05, 0.1) is 6.10 Å². The van der Waals surface area contributed by atoms with Gasteiger partial charge in [-0.05, 0) is 43.9 Å². The third-order valence-electron chi connectivity index (χ3n) is 4.45. The molecule has 2 fully saturated rings. The highest BCUT2D eigenvalue weighted by Crippen LogP contribution is 2.29. The van der Waals surface area contributed by atoms with Crippen molar-refractivity contribution in [2.75, 3.05) is 12.3 Å². The average Bonchev–Trinajstić information content (AvgIpc) is 3.30. The predicted molar refractivity (Wildman–Crippen MR) is 97.1 cm³/mol. The number of nitrogens with zero attached hydrogens (tertiary/aromatic N) is 3. The molecular weight excluding hydrogens is 324 g/mol. The Morgan fingerprint density at radius 3 is 3.08 bits per heavy atom. The van der Waals surface area contributed by atoms with E-state index in [-0.39, 0.29) is 6.10 Å². The quantitative estimate of drug-likeness (QED) is 0.816.